The highest BCUT2D eigenvalue weighted by atomic mass is 32.2. The standard InChI is InChI=1S/C16H19N3O3S/c1-10(9-23-11(2)20)16(22)17-13-5-3-12(4-6-13)14-7-8-15(21)19-18-14/h3-6,10H,7-9H2,1-2H3,(H,17,22)(H,19,21). The van der Waals surface area contributed by atoms with Gasteiger partial charge in [0.1, 0.15) is 0 Å². The summed E-state index contributed by atoms with van der Waals surface area (Å²) in [7, 11) is 0. The van der Waals surface area contributed by atoms with E-state index >= 15 is 0 Å². The maximum atomic E-state index is 12.0. The van der Waals surface area contributed by atoms with Crippen molar-refractivity contribution in [3.05, 3.63) is 29.8 Å². The first-order chi connectivity index (χ1) is 11.0. The number of amides is 2. The van der Waals surface area contributed by atoms with Crippen LogP contribution >= 0.6 is 11.8 Å². The molecule has 0 aromatic heterocycles. The lowest BCUT2D eigenvalue weighted by atomic mass is 10.0. The Bertz CT molecular complexity index is 640. The lowest BCUT2D eigenvalue weighted by Gasteiger charge is -2.14. The summed E-state index contributed by atoms with van der Waals surface area (Å²) >= 11 is 1.15. The van der Waals surface area contributed by atoms with Crippen molar-refractivity contribution in [2.24, 2.45) is 11.0 Å². The average molecular weight is 333 g/mol. The zero-order chi connectivity index (χ0) is 16.8. The van der Waals surface area contributed by atoms with Gasteiger partial charge in [-0.15, -0.1) is 0 Å². The van der Waals surface area contributed by atoms with Crippen molar-refractivity contribution in [3.8, 4) is 0 Å². The van der Waals surface area contributed by atoms with Gasteiger partial charge in [-0.3, -0.25) is 14.4 Å². The van der Waals surface area contributed by atoms with E-state index in [9.17, 15) is 14.4 Å². The van der Waals surface area contributed by atoms with Crippen LogP contribution in [-0.4, -0.2) is 28.4 Å². The van der Waals surface area contributed by atoms with Crippen LogP contribution in [0.3, 0.4) is 0 Å². The van der Waals surface area contributed by atoms with Crippen LogP contribution in [0.4, 0.5) is 5.69 Å². The van der Waals surface area contributed by atoms with Crippen LogP contribution in [0.15, 0.2) is 29.4 Å². The summed E-state index contributed by atoms with van der Waals surface area (Å²) in [6, 6.07) is 7.33. The number of carbonyl (C=O) groups excluding carboxylic acids is 3. The molecule has 2 N–H and O–H groups in total. The van der Waals surface area contributed by atoms with Crippen LogP contribution in [0.1, 0.15) is 32.3 Å². The van der Waals surface area contributed by atoms with Crippen molar-refractivity contribution >= 4 is 40.1 Å². The van der Waals surface area contributed by atoms with Crippen molar-refractivity contribution in [3.63, 3.8) is 0 Å². The second-order valence-corrected chi connectivity index (χ2v) is 6.56. The van der Waals surface area contributed by atoms with Gasteiger partial charge >= 0.3 is 0 Å². The maximum absolute atomic E-state index is 12.0. The lowest BCUT2D eigenvalue weighted by Crippen LogP contribution is -2.26. The van der Waals surface area contributed by atoms with Gasteiger partial charge in [-0.1, -0.05) is 30.8 Å². The van der Waals surface area contributed by atoms with Gasteiger partial charge in [0.25, 0.3) is 0 Å². The fourth-order valence-corrected chi connectivity index (χ4v) is 2.65. The van der Waals surface area contributed by atoms with Gasteiger partial charge in [-0.25, -0.2) is 5.43 Å². The smallest absolute Gasteiger partial charge is 0.240 e. The van der Waals surface area contributed by atoms with Crippen LogP contribution in [0.25, 0.3) is 0 Å². The molecule has 0 saturated heterocycles. The minimum absolute atomic E-state index is 0.00866. The van der Waals surface area contributed by atoms with E-state index in [1.54, 1.807) is 19.1 Å². The van der Waals surface area contributed by atoms with Crippen molar-refractivity contribution in [1.82, 2.24) is 5.43 Å². The minimum atomic E-state index is -0.249. The van der Waals surface area contributed by atoms with Gasteiger partial charge in [0.05, 0.1) is 5.71 Å². The molecule has 0 saturated carbocycles. The molecule has 1 aromatic carbocycles. The van der Waals surface area contributed by atoms with Crippen LogP contribution < -0.4 is 10.7 Å². The highest BCUT2D eigenvalue weighted by molar-refractivity contribution is 8.13. The molecule has 1 unspecified atom stereocenters. The Labute approximate surface area is 139 Å². The number of hydrazone groups is 1. The monoisotopic (exact) mass is 333 g/mol. The molecule has 2 amide bonds. The summed E-state index contributed by atoms with van der Waals surface area (Å²) in [4.78, 5) is 34.1. The summed E-state index contributed by atoms with van der Waals surface area (Å²) in [5.74, 6) is 0.0285. The molecule has 23 heavy (non-hydrogen) atoms. The highest BCUT2D eigenvalue weighted by Gasteiger charge is 2.15. The Balaban J connectivity index is 1.93. The molecule has 0 aliphatic carbocycles. The average Bonchev–Trinajstić information content (AvgIpc) is 2.54. The van der Waals surface area contributed by atoms with Gasteiger partial charge in [-0.05, 0) is 17.7 Å². The van der Waals surface area contributed by atoms with E-state index in [2.05, 4.69) is 15.8 Å². The second-order valence-electron chi connectivity index (χ2n) is 5.36. The van der Waals surface area contributed by atoms with Crippen molar-refractivity contribution in [2.45, 2.75) is 26.7 Å². The third-order valence-electron chi connectivity index (χ3n) is 3.37. The molecular weight excluding hydrogens is 314 g/mol. The van der Waals surface area contributed by atoms with Gasteiger partial charge < -0.3 is 5.32 Å². The quantitative estimate of drug-likeness (QED) is 0.864. The molecule has 1 aliphatic rings. The molecule has 1 atom stereocenters. The minimum Gasteiger partial charge on any atom is -0.326 e. The molecule has 7 heteroatoms. The topological polar surface area (TPSA) is 87.6 Å². The Morgan fingerprint density at radius 3 is 2.57 bits per heavy atom. The molecule has 122 valence electrons. The van der Waals surface area contributed by atoms with Crippen LogP contribution in [0.2, 0.25) is 0 Å². The Morgan fingerprint density at radius 2 is 2.00 bits per heavy atom. The maximum Gasteiger partial charge on any atom is 0.240 e. The molecule has 1 heterocycles. The molecule has 0 spiro atoms. The fraction of sp³-hybridized carbons (Fsp3) is 0.375. The van der Waals surface area contributed by atoms with E-state index in [0.717, 1.165) is 23.0 Å². The first-order valence-corrected chi connectivity index (χ1v) is 8.34. The number of carbonyl (C=O) groups is 3. The number of thioether (sulfide) groups is 1. The van der Waals surface area contributed by atoms with Crippen LogP contribution in [-0.2, 0) is 14.4 Å². The van der Waals surface area contributed by atoms with Crippen molar-refractivity contribution < 1.29 is 14.4 Å². The Kier molecular flexibility index (Phi) is 5.92. The molecule has 1 aromatic rings. The van der Waals surface area contributed by atoms with Gasteiger partial charge in [0, 0.05) is 37.1 Å². The predicted molar refractivity (Wildman–Crippen MR) is 91.3 cm³/mol. The summed E-state index contributed by atoms with van der Waals surface area (Å²) in [6.07, 6.45) is 1.04. The number of hydrogen-bond acceptors (Lipinski definition) is 5. The number of rotatable bonds is 5. The van der Waals surface area contributed by atoms with Crippen molar-refractivity contribution in [2.75, 3.05) is 11.1 Å². The fourth-order valence-electron chi connectivity index (χ4n) is 2.01. The summed E-state index contributed by atoms with van der Waals surface area (Å²) in [6.45, 7) is 3.28. The van der Waals surface area contributed by atoms with Crippen molar-refractivity contribution in [1.29, 1.82) is 0 Å². The number of nitrogens with zero attached hydrogens (tertiary/aromatic N) is 1. The Hall–Kier alpha value is -2.15. The molecule has 0 bridgehead atoms. The van der Waals surface area contributed by atoms with Gasteiger partial charge in [0.2, 0.25) is 11.8 Å². The van der Waals surface area contributed by atoms with Gasteiger partial charge in [0.15, 0.2) is 5.12 Å². The largest absolute Gasteiger partial charge is 0.326 e. The van der Waals surface area contributed by atoms with E-state index in [0.29, 0.717) is 24.3 Å². The molecule has 0 radical (unpaired) electrons. The lowest BCUT2D eigenvalue weighted by molar-refractivity contribution is -0.121. The molecular formula is C16H19N3O3S. The Morgan fingerprint density at radius 1 is 1.30 bits per heavy atom. The second kappa shape index (κ2) is 7.92. The van der Waals surface area contributed by atoms with E-state index in [-0.39, 0.29) is 22.8 Å². The summed E-state index contributed by atoms with van der Waals surface area (Å²) < 4.78 is 0. The molecule has 1 aliphatic heterocycles. The first-order valence-electron chi connectivity index (χ1n) is 7.36. The third kappa shape index (κ3) is 5.21. The highest BCUT2D eigenvalue weighted by Crippen LogP contribution is 2.16. The first kappa shape index (κ1) is 17.2. The van der Waals surface area contributed by atoms with E-state index < -0.39 is 0 Å². The zero-order valence-electron chi connectivity index (χ0n) is 13.1. The number of benzene rings is 1. The molecule has 6 nitrogen and oxygen atoms in total. The van der Waals surface area contributed by atoms with Crippen LogP contribution in [0, 0.1) is 5.92 Å². The molecule has 0 fully saturated rings. The SMILES string of the molecule is CC(=O)SCC(C)C(=O)Nc1ccc(C2=NNC(=O)CC2)cc1. The van der Waals surface area contributed by atoms with E-state index in [1.165, 1.54) is 6.92 Å². The zero-order valence-corrected chi connectivity index (χ0v) is 13.9. The van der Waals surface area contributed by atoms with Gasteiger partial charge in [-0.2, -0.15) is 5.10 Å². The molecule has 2 rings (SSSR count). The predicted octanol–water partition coefficient (Wildman–Crippen LogP) is 2.16. The summed E-state index contributed by atoms with van der Waals surface area (Å²) in [5, 5.41) is 6.87. The number of hydrogen-bond donors (Lipinski definition) is 2. The number of nitrogens with one attached hydrogen (secondary N) is 2. The summed E-state index contributed by atoms with van der Waals surface area (Å²) in [5.41, 5.74) is 4.91. The normalized spacial score (nSPS) is 15.4. The third-order valence-corrected chi connectivity index (χ3v) is 4.45. The van der Waals surface area contributed by atoms with E-state index in [4.69, 9.17) is 0 Å². The van der Waals surface area contributed by atoms with Crippen LogP contribution in [0.5, 0.6) is 0 Å². The van der Waals surface area contributed by atoms with E-state index in [1.807, 2.05) is 12.1 Å². The number of anilines is 1.